The minimum atomic E-state index is -0.422. The van der Waals surface area contributed by atoms with Crippen LogP contribution in [-0.4, -0.2) is 30.2 Å². The number of hydrogen-bond acceptors (Lipinski definition) is 5. The number of nitrogen functional groups attached to an aromatic ring is 1. The Balaban J connectivity index is 2.34. The molecule has 2 atom stereocenters. The van der Waals surface area contributed by atoms with Crippen LogP contribution in [0.4, 0.5) is 17.1 Å². The summed E-state index contributed by atoms with van der Waals surface area (Å²) in [6.07, 6.45) is 0.113. The number of nitro groups is 1. The minimum Gasteiger partial charge on any atom is -0.398 e. The van der Waals surface area contributed by atoms with Crippen LogP contribution in [0.25, 0.3) is 0 Å². The molecule has 0 amide bonds. The number of anilines is 2. The first-order valence-corrected chi connectivity index (χ1v) is 5.90. The highest BCUT2D eigenvalue weighted by atomic mass is 16.6. The number of non-ortho nitro benzene ring substituents is 1. The van der Waals surface area contributed by atoms with Crippen molar-refractivity contribution in [1.29, 1.82) is 0 Å². The Bertz CT molecular complexity index is 464. The highest BCUT2D eigenvalue weighted by Gasteiger charge is 2.25. The summed E-state index contributed by atoms with van der Waals surface area (Å²) in [7, 11) is 0. The zero-order chi connectivity index (χ0) is 13.3. The molecule has 0 radical (unpaired) electrons. The third-order valence-electron chi connectivity index (χ3n) is 3.08. The summed E-state index contributed by atoms with van der Waals surface area (Å²) in [6, 6.07) is 4.88. The molecule has 1 aromatic carbocycles. The third kappa shape index (κ3) is 2.53. The number of morpholine rings is 1. The number of hydrogen-bond donors (Lipinski definition) is 1. The van der Waals surface area contributed by atoms with Gasteiger partial charge in [0.05, 0.1) is 17.6 Å². The van der Waals surface area contributed by atoms with Crippen LogP contribution in [0.5, 0.6) is 0 Å². The fourth-order valence-corrected chi connectivity index (χ4v) is 2.15. The molecule has 2 rings (SSSR count). The van der Waals surface area contributed by atoms with Crippen molar-refractivity contribution >= 4 is 17.1 Å². The second-order valence-electron chi connectivity index (χ2n) is 4.69. The second kappa shape index (κ2) is 4.81. The topological polar surface area (TPSA) is 81.6 Å². The molecule has 6 heteroatoms. The Kier molecular flexibility index (Phi) is 3.38. The molecule has 0 bridgehead atoms. The monoisotopic (exact) mass is 251 g/mol. The first-order chi connectivity index (χ1) is 8.47. The highest BCUT2D eigenvalue weighted by Crippen LogP contribution is 2.28. The van der Waals surface area contributed by atoms with E-state index in [0.717, 1.165) is 5.69 Å². The van der Waals surface area contributed by atoms with Crippen LogP contribution in [0, 0.1) is 10.1 Å². The molecular formula is C12H17N3O3. The molecule has 2 N–H and O–H groups in total. The molecule has 98 valence electrons. The van der Waals surface area contributed by atoms with Crippen molar-refractivity contribution in [3.8, 4) is 0 Å². The van der Waals surface area contributed by atoms with E-state index in [9.17, 15) is 10.1 Å². The van der Waals surface area contributed by atoms with Gasteiger partial charge in [-0.15, -0.1) is 0 Å². The first-order valence-electron chi connectivity index (χ1n) is 5.90. The lowest BCUT2D eigenvalue weighted by Gasteiger charge is -2.38. The van der Waals surface area contributed by atoms with E-state index in [-0.39, 0.29) is 17.8 Å². The van der Waals surface area contributed by atoms with Crippen LogP contribution in [0.2, 0.25) is 0 Å². The van der Waals surface area contributed by atoms with Crippen LogP contribution in [0.1, 0.15) is 13.8 Å². The predicted octanol–water partition coefficient (Wildman–Crippen LogP) is 1.79. The Morgan fingerprint density at radius 2 is 2.17 bits per heavy atom. The van der Waals surface area contributed by atoms with Crippen molar-refractivity contribution in [1.82, 2.24) is 0 Å². The fourth-order valence-electron chi connectivity index (χ4n) is 2.15. The lowest BCUT2D eigenvalue weighted by Crippen LogP contribution is -2.47. The van der Waals surface area contributed by atoms with Gasteiger partial charge in [-0.05, 0) is 19.9 Å². The summed E-state index contributed by atoms with van der Waals surface area (Å²) in [5.74, 6) is 0. The molecule has 1 aliphatic rings. The van der Waals surface area contributed by atoms with Crippen LogP contribution < -0.4 is 10.6 Å². The van der Waals surface area contributed by atoms with Gasteiger partial charge in [-0.25, -0.2) is 0 Å². The Hall–Kier alpha value is -1.82. The lowest BCUT2D eigenvalue weighted by molar-refractivity contribution is -0.384. The quantitative estimate of drug-likeness (QED) is 0.492. The summed E-state index contributed by atoms with van der Waals surface area (Å²) in [4.78, 5) is 12.5. The van der Waals surface area contributed by atoms with E-state index >= 15 is 0 Å². The van der Waals surface area contributed by atoms with Gasteiger partial charge in [-0.3, -0.25) is 10.1 Å². The average Bonchev–Trinajstić information content (AvgIpc) is 2.31. The van der Waals surface area contributed by atoms with Crippen molar-refractivity contribution in [2.24, 2.45) is 0 Å². The van der Waals surface area contributed by atoms with Gasteiger partial charge in [-0.1, -0.05) is 0 Å². The molecule has 1 saturated heterocycles. The van der Waals surface area contributed by atoms with E-state index in [2.05, 4.69) is 4.90 Å². The first kappa shape index (κ1) is 12.6. The SMILES string of the molecule is CC1CN(c2cc(N)cc([N+](=O)[O-])c2)C(C)CO1. The van der Waals surface area contributed by atoms with Gasteiger partial charge in [0.1, 0.15) is 0 Å². The number of ether oxygens (including phenoxy) is 1. The van der Waals surface area contributed by atoms with E-state index in [4.69, 9.17) is 10.5 Å². The number of rotatable bonds is 2. The molecule has 0 aromatic heterocycles. The largest absolute Gasteiger partial charge is 0.398 e. The van der Waals surface area contributed by atoms with E-state index in [1.54, 1.807) is 12.1 Å². The smallest absolute Gasteiger partial charge is 0.273 e. The molecule has 0 spiro atoms. The van der Waals surface area contributed by atoms with Gasteiger partial charge in [0.25, 0.3) is 5.69 Å². The number of benzene rings is 1. The molecule has 1 aliphatic heterocycles. The second-order valence-corrected chi connectivity index (χ2v) is 4.69. The van der Waals surface area contributed by atoms with Gasteiger partial charge in [0.2, 0.25) is 0 Å². The van der Waals surface area contributed by atoms with Crippen molar-refractivity contribution in [2.45, 2.75) is 26.0 Å². The zero-order valence-electron chi connectivity index (χ0n) is 10.5. The molecule has 1 aromatic rings. The summed E-state index contributed by atoms with van der Waals surface area (Å²) < 4.78 is 5.54. The van der Waals surface area contributed by atoms with Crippen molar-refractivity contribution < 1.29 is 9.66 Å². The zero-order valence-corrected chi connectivity index (χ0v) is 10.5. The molecule has 0 aliphatic carbocycles. The maximum absolute atomic E-state index is 10.8. The Labute approximate surface area is 105 Å². The van der Waals surface area contributed by atoms with Crippen molar-refractivity contribution in [3.05, 3.63) is 28.3 Å². The van der Waals surface area contributed by atoms with E-state index in [0.29, 0.717) is 18.8 Å². The van der Waals surface area contributed by atoms with Gasteiger partial charge in [0, 0.05) is 36.1 Å². The van der Waals surface area contributed by atoms with Crippen LogP contribution in [0.15, 0.2) is 18.2 Å². The van der Waals surface area contributed by atoms with Gasteiger partial charge in [-0.2, -0.15) is 0 Å². The molecule has 1 fully saturated rings. The normalized spacial score (nSPS) is 24.0. The maximum atomic E-state index is 10.8. The summed E-state index contributed by atoms with van der Waals surface area (Å²) >= 11 is 0. The molecule has 2 unspecified atom stereocenters. The molecular weight excluding hydrogens is 234 g/mol. The Morgan fingerprint density at radius 1 is 1.44 bits per heavy atom. The Morgan fingerprint density at radius 3 is 2.83 bits per heavy atom. The molecule has 1 heterocycles. The van der Waals surface area contributed by atoms with Gasteiger partial charge >= 0.3 is 0 Å². The summed E-state index contributed by atoms with van der Waals surface area (Å²) in [5, 5.41) is 10.8. The van der Waals surface area contributed by atoms with Crippen LogP contribution in [0.3, 0.4) is 0 Å². The predicted molar refractivity (Wildman–Crippen MR) is 69.7 cm³/mol. The van der Waals surface area contributed by atoms with Crippen LogP contribution >= 0.6 is 0 Å². The fraction of sp³-hybridized carbons (Fsp3) is 0.500. The number of nitrogens with two attached hydrogens (primary N) is 1. The third-order valence-corrected chi connectivity index (χ3v) is 3.08. The van der Waals surface area contributed by atoms with E-state index < -0.39 is 4.92 Å². The highest BCUT2D eigenvalue weighted by molar-refractivity contribution is 5.63. The lowest BCUT2D eigenvalue weighted by atomic mass is 10.1. The molecule has 6 nitrogen and oxygen atoms in total. The molecule has 18 heavy (non-hydrogen) atoms. The van der Waals surface area contributed by atoms with Crippen molar-refractivity contribution in [2.75, 3.05) is 23.8 Å². The van der Waals surface area contributed by atoms with E-state index in [1.165, 1.54) is 6.07 Å². The summed E-state index contributed by atoms with van der Waals surface area (Å²) in [6.45, 7) is 5.34. The number of nitrogens with zero attached hydrogens (tertiary/aromatic N) is 2. The number of nitro benzene ring substituents is 1. The maximum Gasteiger partial charge on any atom is 0.273 e. The van der Waals surface area contributed by atoms with Crippen molar-refractivity contribution in [3.63, 3.8) is 0 Å². The summed E-state index contributed by atoms with van der Waals surface area (Å²) in [5.41, 5.74) is 6.94. The van der Waals surface area contributed by atoms with E-state index in [1.807, 2.05) is 13.8 Å². The van der Waals surface area contributed by atoms with Gasteiger partial charge < -0.3 is 15.4 Å². The molecule has 0 saturated carbocycles. The minimum absolute atomic E-state index is 0.0244. The average molecular weight is 251 g/mol. The van der Waals surface area contributed by atoms with Gasteiger partial charge in [0.15, 0.2) is 0 Å². The van der Waals surface area contributed by atoms with Crippen LogP contribution in [-0.2, 0) is 4.74 Å². The standard InChI is InChI=1S/C12H17N3O3/c1-8-7-18-9(2)6-14(8)11-3-10(13)4-12(5-11)15(16)17/h3-5,8-9H,6-7,13H2,1-2H3.